The minimum Gasteiger partial charge on any atom is -0.480 e. The van der Waals surface area contributed by atoms with Gasteiger partial charge in [0.2, 0.25) is 0 Å². The number of thioether (sulfide) groups is 2. The first kappa shape index (κ1) is 14.8. The van der Waals surface area contributed by atoms with E-state index < -0.39 is 12.0 Å². The van der Waals surface area contributed by atoms with E-state index in [1.165, 1.54) is 0 Å². The quantitative estimate of drug-likeness (QED) is 0.842. The zero-order valence-electron chi connectivity index (χ0n) is 11.2. The predicted molar refractivity (Wildman–Crippen MR) is 78.7 cm³/mol. The SMILES string of the molecule is CCC1SCC(C(=O)O)N1C(=O)N1CCSC(C)C1. The molecular weight excluding hydrogens is 284 g/mol. The average molecular weight is 304 g/mol. The van der Waals surface area contributed by atoms with Gasteiger partial charge in [-0.2, -0.15) is 11.8 Å². The van der Waals surface area contributed by atoms with Crippen molar-refractivity contribution in [1.82, 2.24) is 9.80 Å². The third kappa shape index (κ3) is 3.13. The highest BCUT2D eigenvalue weighted by Gasteiger charge is 2.42. The Morgan fingerprint density at radius 3 is 2.68 bits per heavy atom. The lowest BCUT2D eigenvalue weighted by atomic mass is 10.2. The molecule has 1 N–H and O–H groups in total. The third-order valence-corrected chi connectivity index (χ3v) is 6.05. The molecule has 2 aliphatic rings. The molecule has 0 saturated carbocycles. The average Bonchev–Trinajstić information content (AvgIpc) is 2.81. The van der Waals surface area contributed by atoms with Crippen LogP contribution in [0.5, 0.6) is 0 Å². The molecular formula is C12H20N2O3S2. The molecule has 0 aromatic carbocycles. The largest absolute Gasteiger partial charge is 0.480 e. The summed E-state index contributed by atoms with van der Waals surface area (Å²) >= 11 is 3.43. The Hall–Kier alpha value is -0.560. The molecule has 2 fully saturated rings. The maximum Gasteiger partial charge on any atom is 0.327 e. The van der Waals surface area contributed by atoms with Crippen LogP contribution in [0.25, 0.3) is 0 Å². The second-order valence-electron chi connectivity index (χ2n) is 4.87. The summed E-state index contributed by atoms with van der Waals surface area (Å²) in [5.74, 6) is 0.538. The molecule has 0 bridgehead atoms. The molecule has 2 heterocycles. The summed E-state index contributed by atoms with van der Waals surface area (Å²) < 4.78 is 0. The predicted octanol–water partition coefficient (Wildman–Crippen LogP) is 1.78. The summed E-state index contributed by atoms with van der Waals surface area (Å²) in [5.41, 5.74) is 0. The van der Waals surface area contributed by atoms with Crippen LogP contribution in [0, 0.1) is 0 Å². The second kappa shape index (κ2) is 6.26. The molecule has 2 aliphatic heterocycles. The Morgan fingerprint density at radius 1 is 1.37 bits per heavy atom. The van der Waals surface area contributed by atoms with Crippen molar-refractivity contribution in [3.05, 3.63) is 0 Å². The van der Waals surface area contributed by atoms with Gasteiger partial charge in [-0.1, -0.05) is 13.8 Å². The second-order valence-corrected chi connectivity index (χ2v) is 7.62. The molecule has 108 valence electrons. The Balaban J connectivity index is 2.11. The minimum atomic E-state index is -0.892. The number of aliphatic carboxylic acids is 1. The molecule has 2 saturated heterocycles. The number of rotatable bonds is 2. The van der Waals surface area contributed by atoms with Gasteiger partial charge >= 0.3 is 12.0 Å². The van der Waals surface area contributed by atoms with Crippen molar-refractivity contribution < 1.29 is 14.7 Å². The fourth-order valence-electron chi connectivity index (χ4n) is 2.48. The zero-order chi connectivity index (χ0) is 14.0. The summed E-state index contributed by atoms with van der Waals surface area (Å²) in [6, 6.07) is -0.774. The van der Waals surface area contributed by atoms with Gasteiger partial charge in [-0.3, -0.25) is 4.90 Å². The van der Waals surface area contributed by atoms with Crippen molar-refractivity contribution in [2.24, 2.45) is 0 Å². The van der Waals surface area contributed by atoms with E-state index in [4.69, 9.17) is 0 Å². The van der Waals surface area contributed by atoms with Crippen LogP contribution in [-0.4, -0.2) is 68.2 Å². The zero-order valence-corrected chi connectivity index (χ0v) is 12.9. The van der Waals surface area contributed by atoms with Gasteiger partial charge in [0.1, 0.15) is 6.04 Å². The summed E-state index contributed by atoms with van der Waals surface area (Å²) in [7, 11) is 0. The number of hydrogen-bond acceptors (Lipinski definition) is 4. The lowest BCUT2D eigenvalue weighted by Crippen LogP contribution is -2.54. The lowest BCUT2D eigenvalue weighted by molar-refractivity contribution is -0.141. The van der Waals surface area contributed by atoms with Crippen molar-refractivity contribution in [2.45, 2.75) is 36.9 Å². The summed E-state index contributed by atoms with van der Waals surface area (Å²) in [5, 5.41) is 9.69. The van der Waals surface area contributed by atoms with Gasteiger partial charge in [-0.05, 0) is 6.42 Å². The van der Waals surface area contributed by atoms with E-state index in [-0.39, 0.29) is 11.4 Å². The monoisotopic (exact) mass is 304 g/mol. The van der Waals surface area contributed by atoms with Gasteiger partial charge in [0, 0.05) is 29.8 Å². The highest BCUT2D eigenvalue weighted by molar-refractivity contribution is 8.00. The molecule has 3 atom stereocenters. The van der Waals surface area contributed by atoms with Crippen molar-refractivity contribution in [3.8, 4) is 0 Å². The topological polar surface area (TPSA) is 60.9 Å². The summed E-state index contributed by atoms with van der Waals surface area (Å²) in [6.07, 6.45) is 0.790. The fraction of sp³-hybridized carbons (Fsp3) is 0.833. The van der Waals surface area contributed by atoms with E-state index in [1.807, 2.05) is 23.6 Å². The molecule has 0 aliphatic carbocycles. The molecule has 5 nitrogen and oxygen atoms in total. The first-order valence-corrected chi connectivity index (χ1v) is 8.67. The summed E-state index contributed by atoms with van der Waals surface area (Å²) in [4.78, 5) is 27.3. The van der Waals surface area contributed by atoms with Crippen molar-refractivity contribution in [2.75, 3.05) is 24.6 Å². The highest BCUT2D eigenvalue weighted by atomic mass is 32.2. The van der Waals surface area contributed by atoms with Crippen LogP contribution in [-0.2, 0) is 4.79 Å². The number of nitrogens with zero attached hydrogens (tertiary/aromatic N) is 2. The Morgan fingerprint density at radius 2 is 2.11 bits per heavy atom. The first-order valence-electron chi connectivity index (χ1n) is 6.57. The van der Waals surface area contributed by atoms with Crippen LogP contribution in [0.4, 0.5) is 4.79 Å². The number of carboxylic acids is 1. The molecule has 0 spiro atoms. The van der Waals surface area contributed by atoms with Crippen LogP contribution in [0.15, 0.2) is 0 Å². The van der Waals surface area contributed by atoms with Gasteiger partial charge in [-0.25, -0.2) is 9.59 Å². The van der Waals surface area contributed by atoms with E-state index in [9.17, 15) is 14.7 Å². The molecule has 3 unspecified atom stereocenters. The number of carbonyl (C=O) groups is 2. The van der Waals surface area contributed by atoms with Crippen LogP contribution < -0.4 is 0 Å². The molecule has 7 heteroatoms. The van der Waals surface area contributed by atoms with Gasteiger partial charge in [-0.15, -0.1) is 11.8 Å². The van der Waals surface area contributed by atoms with Crippen molar-refractivity contribution >= 4 is 35.5 Å². The van der Waals surface area contributed by atoms with E-state index in [0.717, 1.165) is 18.7 Å². The number of hydrogen-bond donors (Lipinski definition) is 1. The number of carboxylic acid groups (broad SMARTS) is 1. The number of carbonyl (C=O) groups excluding carboxylic acids is 1. The van der Waals surface area contributed by atoms with Crippen molar-refractivity contribution in [1.29, 1.82) is 0 Å². The van der Waals surface area contributed by atoms with Gasteiger partial charge in [0.05, 0.1) is 5.37 Å². The maximum atomic E-state index is 12.6. The Bertz CT molecular complexity index is 367. The summed E-state index contributed by atoms with van der Waals surface area (Å²) in [6.45, 7) is 5.54. The van der Waals surface area contributed by atoms with Gasteiger partial charge in [0.25, 0.3) is 0 Å². The van der Waals surface area contributed by atoms with E-state index >= 15 is 0 Å². The van der Waals surface area contributed by atoms with Crippen molar-refractivity contribution in [3.63, 3.8) is 0 Å². The van der Waals surface area contributed by atoms with Gasteiger partial charge in [0.15, 0.2) is 0 Å². The number of amides is 2. The smallest absolute Gasteiger partial charge is 0.327 e. The molecule has 0 radical (unpaired) electrons. The van der Waals surface area contributed by atoms with E-state index in [2.05, 4.69) is 6.92 Å². The molecule has 19 heavy (non-hydrogen) atoms. The first-order chi connectivity index (χ1) is 9.04. The third-order valence-electron chi connectivity index (χ3n) is 3.46. The van der Waals surface area contributed by atoms with Crippen LogP contribution in [0.2, 0.25) is 0 Å². The maximum absolute atomic E-state index is 12.6. The normalized spacial score (nSPS) is 31.6. The van der Waals surface area contributed by atoms with Gasteiger partial charge < -0.3 is 10.0 Å². The van der Waals surface area contributed by atoms with Crippen LogP contribution >= 0.6 is 23.5 Å². The Labute approximate surface area is 122 Å². The number of urea groups is 1. The van der Waals surface area contributed by atoms with Crippen LogP contribution in [0.1, 0.15) is 20.3 Å². The molecule has 2 amide bonds. The lowest BCUT2D eigenvalue weighted by Gasteiger charge is -2.36. The van der Waals surface area contributed by atoms with E-state index in [1.54, 1.807) is 16.7 Å². The minimum absolute atomic E-state index is 0.00140. The highest BCUT2D eigenvalue weighted by Crippen LogP contribution is 2.33. The van der Waals surface area contributed by atoms with E-state index in [0.29, 0.717) is 17.5 Å². The standard InChI is InChI=1S/C12H20N2O3S2/c1-3-10-14(9(7-19-10)11(15)16)12(17)13-4-5-18-8(2)6-13/h8-10H,3-7H2,1-2H3,(H,15,16). The molecule has 2 rings (SSSR count). The molecule has 0 aromatic rings. The fourth-order valence-corrected chi connectivity index (χ4v) is 4.83. The Kier molecular flexibility index (Phi) is 4.89. The van der Waals surface area contributed by atoms with Crippen LogP contribution in [0.3, 0.4) is 0 Å². The molecule has 0 aromatic heterocycles.